The van der Waals surface area contributed by atoms with Gasteiger partial charge < -0.3 is 14.4 Å². The first-order valence-electron chi connectivity index (χ1n) is 12.1. The molecule has 0 aliphatic carbocycles. The van der Waals surface area contributed by atoms with Crippen LogP contribution >= 0.6 is 0 Å². The van der Waals surface area contributed by atoms with Crippen LogP contribution in [0.1, 0.15) is 35.7 Å². The van der Waals surface area contributed by atoms with Crippen molar-refractivity contribution in [1.29, 1.82) is 0 Å². The zero-order valence-electron chi connectivity index (χ0n) is 20.6. The van der Waals surface area contributed by atoms with Gasteiger partial charge in [0.15, 0.2) is 0 Å². The average molecular weight is 487 g/mol. The molecule has 7 nitrogen and oxygen atoms in total. The van der Waals surface area contributed by atoms with E-state index in [-0.39, 0.29) is 18.2 Å². The molecule has 1 saturated heterocycles. The molecule has 7 heteroatoms. The highest BCUT2D eigenvalue weighted by molar-refractivity contribution is 6.23. The number of imide groups is 1. The Morgan fingerprint density at radius 3 is 2.25 bits per heavy atom. The van der Waals surface area contributed by atoms with Crippen molar-refractivity contribution in [2.75, 3.05) is 25.2 Å². The van der Waals surface area contributed by atoms with Crippen molar-refractivity contribution in [2.45, 2.75) is 32.2 Å². The van der Waals surface area contributed by atoms with Crippen LogP contribution < -0.4 is 14.4 Å². The minimum atomic E-state index is -0.875. The molecule has 0 radical (unpaired) electrons. The molecule has 3 amide bonds. The fourth-order valence-electron chi connectivity index (χ4n) is 4.23. The Morgan fingerprint density at radius 2 is 1.61 bits per heavy atom. The number of ether oxygens (including phenoxy) is 2. The maximum atomic E-state index is 13.5. The average Bonchev–Trinajstić information content (AvgIpc) is 3.21. The molecule has 0 unspecified atom stereocenters. The van der Waals surface area contributed by atoms with Gasteiger partial charge in [0.2, 0.25) is 5.91 Å². The molecule has 1 aliphatic rings. The number of carbonyl (C=O) groups is 3. The lowest BCUT2D eigenvalue weighted by molar-refractivity contribution is -0.122. The lowest BCUT2D eigenvalue weighted by Crippen LogP contribution is -2.46. The molecule has 0 aromatic heterocycles. The molecule has 1 fully saturated rings. The third-order valence-corrected chi connectivity index (χ3v) is 6.15. The quantitative estimate of drug-likeness (QED) is 0.395. The highest BCUT2D eigenvalue weighted by Gasteiger charge is 2.44. The minimum absolute atomic E-state index is 0.0614. The number of methoxy groups -OCH3 is 1. The van der Waals surface area contributed by atoms with Crippen LogP contribution in [-0.4, -0.2) is 48.9 Å². The molecule has 1 heterocycles. The molecule has 1 atom stereocenters. The molecule has 0 spiro atoms. The second-order valence-corrected chi connectivity index (χ2v) is 8.59. The Bertz CT molecular complexity index is 1190. The van der Waals surface area contributed by atoms with E-state index in [4.69, 9.17) is 9.47 Å². The normalized spacial score (nSPS) is 15.2. The van der Waals surface area contributed by atoms with Crippen LogP contribution in [0.15, 0.2) is 78.9 Å². The summed E-state index contributed by atoms with van der Waals surface area (Å²) in [5.41, 5.74) is 1.94. The van der Waals surface area contributed by atoms with Crippen LogP contribution in [0.5, 0.6) is 11.5 Å². The topological polar surface area (TPSA) is 76.2 Å². The summed E-state index contributed by atoms with van der Waals surface area (Å²) < 4.78 is 10.8. The Morgan fingerprint density at radius 1 is 0.944 bits per heavy atom. The predicted molar refractivity (Wildman–Crippen MR) is 137 cm³/mol. The molecule has 0 bridgehead atoms. The molecular weight excluding hydrogens is 456 g/mol. The number of nitrogens with zero attached hydrogens (tertiary/aromatic N) is 2. The smallest absolute Gasteiger partial charge is 0.257 e. The summed E-state index contributed by atoms with van der Waals surface area (Å²) in [5.74, 6) is 0.412. The van der Waals surface area contributed by atoms with Crippen molar-refractivity contribution in [3.8, 4) is 11.5 Å². The maximum Gasteiger partial charge on any atom is 0.257 e. The van der Waals surface area contributed by atoms with Gasteiger partial charge >= 0.3 is 0 Å². The molecular formula is C29H30N2O5. The van der Waals surface area contributed by atoms with Gasteiger partial charge in [0.25, 0.3) is 11.8 Å². The van der Waals surface area contributed by atoms with Gasteiger partial charge in [0, 0.05) is 12.1 Å². The number of benzene rings is 3. The molecule has 4 rings (SSSR count). The molecule has 0 N–H and O–H groups in total. The lowest BCUT2D eigenvalue weighted by Gasteiger charge is -2.28. The number of rotatable bonds is 10. The largest absolute Gasteiger partial charge is 0.497 e. The summed E-state index contributed by atoms with van der Waals surface area (Å²) in [6.45, 7) is 2.91. The van der Waals surface area contributed by atoms with Crippen LogP contribution in [0.2, 0.25) is 0 Å². The Kier molecular flexibility index (Phi) is 8.00. The molecule has 3 aromatic rings. The van der Waals surface area contributed by atoms with Crippen molar-refractivity contribution in [1.82, 2.24) is 4.90 Å². The van der Waals surface area contributed by atoms with E-state index in [9.17, 15) is 14.4 Å². The minimum Gasteiger partial charge on any atom is -0.497 e. The fourth-order valence-corrected chi connectivity index (χ4v) is 4.23. The van der Waals surface area contributed by atoms with E-state index in [1.165, 1.54) is 9.80 Å². The molecule has 3 aromatic carbocycles. The van der Waals surface area contributed by atoms with Crippen LogP contribution in [0.3, 0.4) is 0 Å². The summed E-state index contributed by atoms with van der Waals surface area (Å²) >= 11 is 0. The van der Waals surface area contributed by atoms with Gasteiger partial charge in [-0.1, -0.05) is 37.3 Å². The molecule has 0 saturated carbocycles. The highest BCUT2D eigenvalue weighted by atomic mass is 16.5. The fraction of sp³-hybridized carbons (Fsp3) is 0.276. The van der Waals surface area contributed by atoms with E-state index in [0.717, 1.165) is 17.7 Å². The van der Waals surface area contributed by atoms with Crippen LogP contribution in [0.25, 0.3) is 0 Å². The van der Waals surface area contributed by atoms with E-state index in [1.54, 1.807) is 55.6 Å². The summed E-state index contributed by atoms with van der Waals surface area (Å²) in [7, 11) is 1.61. The van der Waals surface area contributed by atoms with Gasteiger partial charge in [-0.2, -0.15) is 0 Å². The van der Waals surface area contributed by atoms with Crippen molar-refractivity contribution >= 4 is 23.4 Å². The van der Waals surface area contributed by atoms with Gasteiger partial charge in [-0.15, -0.1) is 0 Å². The number of anilines is 1. The Balaban J connectivity index is 1.56. The van der Waals surface area contributed by atoms with Crippen molar-refractivity contribution in [3.63, 3.8) is 0 Å². The van der Waals surface area contributed by atoms with Crippen molar-refractivity contribution in [2.24, 2.45) is 0 Å². The van der Waals surface area contributed by atoms with E-state index in [2.05, 4.69) is 0 Å². The highest BCUT2D eigenvalue weighted by Crippen LogP contribution is 2.28. The van der Waals surface area contributed by atoms with Crippen molar-refractivity contribution in [3.05, 3.63) is 90.0 Å². The number of amides is 3. The van der Waals surface area contributed by atoms with Gasteiger partial charge in [0.1, 0.15) is 17.5 Å². The zero-order valence-corrected chi connectivity index (χ0v) is 20.6. The monoisotopic (exact) mass is 486 g/mol. The Hall–Kier alpha value is -4.13. The van der Waals surface area contributed by atoms with E-state index < -0.39 is 11.9 Å². The van der Waals surface area contributed by atoms with Crippen LogP contribution in [0, 0.1) is 0 Å². The summed E-state index contributed by atoms with van der Waals surface area (Å²) in [6, 6.07) is 22.4. The van der Waals surface area contributed by atoms with Gasteiger partial charge in [-0.25, -0.2) is 4.90 Å². The Labute approximate surface area is 211 Å². The third-order valence-electron chi connectivity index (χ3n) is 6.15. The molecule has 1 aliphatic heterocycles. The molecule has 36 heavy (non-hydrogen) atoms. The predicted octanol–water partition coefficient (Wildman–Crippen LogP) is 4.50. The first-order chi connectivity index (χ1) is 17.5. The standard InChI is InChI=1S/C29H30N2O5/c1-3-19-36-25-15-11-23(12-16-25)31-27(32)20-26(29(31)34)30(28(33)22-7-5-4-6-8-22)18-17-21-9-13-24(35-2)14-10-21/h4-16,26H,3,17-20H2,1-2H3/t26-/m1/s1. The van der Waals surface area contributed by atoms with E-state index >= 15 is 0 Å². The van der Waals surface area contributed by atoms with Crippen LogP contribution in [0.4, 0.5) is 5.69 Å². The first-order valence-corrected chi connectivity index (χ1v) is 12.1. The summed E-state index contributed by atoms with van der Waals surface area (Å²) in [6.07, 6.45) is 1.35. The maximum absolute atomic E-state index is 13.5. The lowest BCUT2D eigenvalue weighted by atomic mass is 10.1. The zero-order chi connectivity index (χ0) is 25.5. The van der Waals surface area contributed by atoms with E-state index in [1.807, 2.05) is 37.3 Å². The third kappa shape index (κ3) is 5.57. The van der Waals surface area contributed by atoms with E-state index in [0.29, 0.717) is 36.6 Å². The number of hydrogen-bond donors (Lipinski definition) is 0. The SMILES string of the molecule is CCCOc1ccc(N2C(=O)C[C@@H](N(CCc3ccc(OC)cc3)C(=O)c3ccccc3)C2=O)cc1. The summed E-state index contributed by atoms with van der Waals surface area (Å²) in [4.78, 5) is 42.7. The first kappa shape index (κ1) is 25.0. The number of carbonyl (C=O) groups excluding carboxylic acids is 3. The van der Waals surface area contributed by atoms with Crippen LogP contribution in [-0.2, 0) is 16.0 Å². The summed E-state index contributed by atoms with van der Waals surface area (Å²) in [5, 5.41) is 0. The second kappa shape index (κ2) is 11.5. The van der Waals surface area contributed by atoms with Gasteiger partial charge in [0.05, 0.1) is 25.8 Å². The van der Waals surface area contributed by atoms with Crippen molar-refractivity contribution < 1.29 is 23.9 Å². The van der Waals surface area contributed by atoms with Gasteiger partial charge in [-0.3, -0.25) is 14.4 Å². The van der Waals surface area contributed by atoms with Gasteiger partial charge in [-0.05, 0) is 66.9 Å². The second-order valence-electron chi connectivity index (χ2n) is 8.59. The number of hydrogen-bond acceptors (Lipinski definition) is 5. The molecule has 186 valence electrons.